The van der Waals surface area contributed by atoms with E-state index in [0.717, 1.165) is 11.1 Å². The fourth-order valence-electron chi connectivity index (χ4n) is 1.62. The minimum atomic E-state index is -0.624. The maximum atomic E-state index is 12.7. The van der Waals surface area contributed by atoms with E-state index < -0.39 is 10.9 Å². The van der Waals surface area contributed by atoms with Crippen molar-refractivity contribution in [1.29, 1.82) is 0 Å². The minimum absolute atomic E-state index is 0.150. The summed E-state index contributed by atoms with van der Waals surface area (Å²) in [5, 5.41) is 10.6. The molecule has 0 atom stereocenters. The van der Waals surface area contributed by atoms with Crippen LogP contribution in [0.2, 0.25) is 0 Å². The van der Waals surface area contributed by atoms with Crippen LogP contribution in [0.3, 0.4) is 0 Å². The van der Waals surface area contributed by atoms with Gasteiger partial charge in [-0.05, 0) is 18.6 Å². The first-order valence-corrected chi connectivity index (χ1v) is 5.86. The molecule has 0 N–H and O–H groups in total. The first-order chi connectivity index (χ1) is 9.47. The summed E-state index contributed by atoms with van der Waals surface area (Å²) in [4.78, 5) is 27.1. The molecule has 0 radical (unpaired) electrons. The van der Waals surface area contributed by atoms with Crippen molar-refractivity contribution in [3.8, 4) is 0 Å². The second kappa shape index (κ2) is 7.17. The normalized spacial score (nSPS) is 11.1. The summed E-state index contributed by atoms with van der Waals surface area (Å²) >= 11 is 0. The number of hydrogen-bond acceptors (Lipinski definition) is 5. The van der Waals surface area contributed by atoms with E-state index in [4.69, 9.17) is 0 Å². The first kappa shape index (κ1) is 15.5. The summed E-state index contributed by atoms with van der Waals surface area (Å²) in [6.45, 7) is 2.51. The Balaban J connectivity index is 2.98. The predicted octanol–water partition coefficient (Wildman–Crippen LogP) is 1.21. The average molecular weight is 282 g/mol. The molecule has 0 bridgehead atoms. The third kappa shape index (κ3) is 4.30. The minimum Gasteiger partial charge on any atom is -0.349 e. The van der Waals surface area contributed by atoms with Crippen molar-refractivity contribution in [2.45, 2.75) is 13.5 Å². The van der Waals surface area contributed by atoms with Gasteiger partial charge >= 0.3 is 0 Å². The molecule has 0 aliphatic rings. The Morgan fingerprint density at radius 1 is 1.55 bits per heavy atom. The van der Waals surface area contributed by atoms with Crippen LogP contribution in [0.25, 0.3) is 0 Å². The van der Waals surface area contributed by atoms with Gasteiger partial charge < -0.3 is 4.90 Å². The second-order valence-electron chi connectivity index (χ2n) is 3.99. The van der Waals surface area contributed by atoms with Crippen molar-refractivity contribution in [3.63, 3.8) is 0 Å². The van der Waals surface area contributed by atoms with Gasteiger partial charge in [0.2, 0.25) is 12.4 Å². The monoisotopic (exact) mass is 282 g/mol. The van der Waals surface area contributed by atoms with E-state index in [9.17, 15) is 19.3 Å². The number of aromatic nitrogens is 1. The maximum Gasteiger partial charge on any atom is 0.274 e. The summed E-state index contributed by atoms with van der Waals surface area (Å²) in [6.07, 6.45) is 2.60. The van der Waals surface area contributed by atoms with E-state index in [1.807, 2.05) is 0 Å². The molecule has 0 aromatic carbocycles. The molecule has 0 saturated heterocycles. The molecular formula is C12H15FN4O3. The van der Waals surface area contributed by atoms with Crippen molar-refractivity contribution >= 4 is 6.41 Å². The van der Waals surface area contributed by atoms with Gasteiger partial charge in [-0.15, -0.1) is 0 Å². The number of amides is 1. The van der Waals surface area contributed by atoms with Crippen molar-refractivity contribution < 1.29 is 14.1 Å². The number of hydrogen-bond donors (Lipinski definition) is 0. The van der Waals surface area contributed by atoms with Gasteiger partial charge in [-0.1, -0.05) is 6.07 Å². The highest BCUT2D eigenvalue weighted by Crippen LogP contribution is 2.12. The zero-order chi connectivity index (χ0) is 15.1. The Bertz CT molecular complexity index is 504. The van der Waals surface area contributed by atoms with Gasteiger partial charge in [-0.3, -0.25) is 19.8 Å². The molecule has 0 unspecified atom stereocenters. The highest BCUT2D eigenvalue weighted by atomic mass is 19.1. The third-order valence-electron chi connectivity index (χ3n) is 2.61. The number of pyridine rings is 1. The fourth-order valence-corrected chi connectivity index (χ4v) is 1.62. The van der Waals surface area contributed by atoms with E-state index in [1.54, 1.807) is 11.8 Å². The molecule has 0 aliphatic heterocycles. The van der Waals surface area contributed by atoms with Gasteiger partial charge in [0.05, 0.1) is 4.92 Å². The Morgan fingerprint density at radius 3 is 2.70 bits per heavy atom. The zero-order valence-corrected chi connectivity index (χ0v) is 11.2. The van der Waals surface area contributed by atoms with Gasteiger partial charge in [0.15, 0.2) is 5.82 Å². The number of carbonyl (C=O) groups excluding carboxylic acids is 1. The van der Waals surface area contributed by atoms with Crippen LogP contribution in [-0.2, 0) is 11.3 Å². The molecule has 0 saturated carbocycles. The van der Waals surface area contributed by atoms with Gasteiger partial charge in [0.25, 0.3) is 6.20 Å². The Hall–Kier alpha value is -2.51. The zero-order valence-electron chi connectivity index (χ0n) is 11.2. The first-order valence-electron chi connectivity index (χ1n) is 5.86. The summed E-state index contributed by atoms with van der Waals surface area (Å²) in [5.41, 5.74) is 0.682. The molecule has 1 aromatic heterocycles. The quantitative estimate of drug-likeness (QED) is 0.325. The van der Waals surface area contributed by atoms with Crippen molar-refractivity contribution in [2.24, 2.45) is 0 Å². The summed E-state index contributed by atoms with van der Waals surface area (Å²) in [7, 11) is 1.42. The molecule has 0 fully saturated rings. The van der Waals surface area contributed by atoms with Crippen molar-refractivity contribution in [1.82, 2.24) is 14.8 Å². The van der Waals surface area contributed by atoms with Crippen LogP contribution in [-0.4, -0.2) is 39.7 Å². The van der Waals surface area contributed by atoms with Crippen LogP contribution in [0, 0.1) is 16.1 Å². The van der Waals surface area contributed by atoms with E-state index in [0.29, 0.717) is 18.5 Å². The lowest BCUT2D eigenvalue weighted by Crippen LogP contribution is -2.33. The Labute approximate surface area is 115 Å². The van der Waals surface area contributed by atoms with E-state index >= 15 is 0 Å². The molecule has 20 heavy (non-hydrogen) atoms. The lowest BCUT2D eigenvalue weighted by Gasteiger charge is -2.27. The van der Waals surface area contributed by atoms with Crippen LogP contribution in [0.4, 0.5) is 4.39 Å². The number of nitro groups is 1. The van der Waals surface area contributed by atoms with Crippen LogP contribution in [0.1, 0.15) is 12.5 Å². The Morgan fingerprint density at radius 2 is 2.25 bits per heavy atom. The topological polar surface area (TPSA) is 79.6 Å². The summed E-state index contributed by atoms with van der Waals surface area (Å²) in [5.74, 6) is -0.445. The largest absolute Gasteiger partial charge is 0.349 e. The third-order valence-corrected chi connectivity index (χ3v) is 2.61. The van der Waals surface area contributed by atoms with Gasteiger partial charge in [0, 0.05) is 26.3 Å². The standard InChI is InChI=1S/C12H15FN4O3/c1-3-16(7-10-4-5-11(13)14-6-10)12(8-17(19)20)15(2)9-18/h4-6,8-9H,3,7H2,1-2H3. The van der Waals surface area contributed by atoms with Gasteiger partial charge in [0.1, 0.15) is 0 Å². The molecule has 108 valence electrons. The van der Waals surface area contributed by atoms with E-state index in [1.165, 1.54) is 25.4 Å². The lowest BCUT2D eigenvalue weighted by molar-refractivity contribution is -0.405. The SMILES string of the molecule is CCN(Cc1ccc(F)nc1)C(=C[N+](=O)[O-])N(C)C=O. The predicted molar refractivity (Wildman–Crippen MR) is 69.2 cm³/mol. The lowest BCUT2D eigenvalue weighted by atomic mass is 10.2. The summed E-state index contributed by atoms with van der Waals surface area (Å²) in [6, 6.07) is 2.75. The van der Waals surface area contributed by atoms with Crippen LogP contribution in [0.5, 0.6) is 0 Å². The molecule has 8 heteroatoms. The molecule has 7 nitrogen and oxygen atoms in total. The maximum absolute atomic E-state index is 12.7. The highest BCUT2D eigenvalue weighted by molar-refractivity contribution is 5.49. The molecule has 1 rings (SSSR count). The highest BCUT2D eigenvalue weighted by Gasteiger charge is 2.16. The number of carbonyl (C=O) groups is 1. The van der Waals surface area contributed by atoms with Crippen LogP contribution >= 0.6 is 0 Å². The van der Waals surface area contributed by atoms with Gasteiger partial charge in [-0.25, -0.2) is 4.98 Å². The summed E-state index contributed by atoms with van der Waals surface area (Å²) < 4.78 is 12.7. The van der Waals surface area contributed by atoms with Crippen molar-refractivity contribution in [3.05, 3.63) is 52.0 Å². The molecular weight excluding hydrogens is 267 g/mol. The Kier molecular flexibility index (Phi) is 5.57. The van der Waals surface area contributed by atoms with E-state index in [2.05, 4.69) is 4.98 Å². The number of rotatable bonds is 7. The number of halogens is 1. The van der Waals surface area contributed by atoms with Crippen LogP contribution in [0.15, 0.2) is 30.4 Å². The molecule has 1 amide bonds. The fraction of sp³-hybridized carbons (Fsp3) is 0.333. The molecule has 1 heterocycles. The molecule has 0 spiro atoms. The number of nitrogens with zero attached hydrogens (tertiary/aromatic N) is 4. The van der Waals surface area contributed by atoms with Crippen molar-refractivity contribution in [2.75, 3.05) is 13.6 Å². The average Bonchev–Trinajstić information content (AvgIpc) is 2.43. The second-order valence-corrected chi connectivity index (χ2v) is 3.99. The molecule has 1 aromatic rings. The molecule has 0 aliphatic carbocycles. The van der Waals surface area contributed by atoms with E-state index in [-0.39, 0.29) is 12.4 Å². The smallest absolute Gasteiger partial charge is 0.274 e. The van der Waals surface area contributed by atoms with Crippen LogP contribution < -0.4 is 0 Å². The van der Waals surface area contributed by atoms with Gasteiger partial charge in [-0.2, -0.15) is 4.39 Å².